The van der Waals surface area contributed by atoms with Gasteiger partial charge in [0.1, 0.15) is 6.54 Å². The van der Waals surface area contributed by atoms with Crippen molar-refractivity contribution in [3.63, 3.8) is 0 Å². The van der Waals surface area contributed by atoms with Gasteiger partial charge in [0.15, 0.2) is 11.6 Å². The maximum absolute atomic E-state index is 9.05. The molecule has 24 heavy (non-hydrogen) atoms. The molecule has 0 aliphatic carbocycles. The number of rotatable bonds is 2. The van der Waals surface area contributed by atoms with Gasteiger partial charge in [0.25, 0.3) is 0 Å². The van der Waals surface area contributed by atoms with E-state index < -0.39 is 0 Å². The second-order valence-corrected chi connectivity index (χ2v) is 5.83. The zero-order chi connectivity index (χ0) is 16.5. The van der Waals surface area contributed by atoms with Crippen molar-refractivity contribution in [2.24, 2.45) is 4.99 Å². The third kappa shape index (κ3) is 2.38. The SMILES string of the molecule is N#CCc1nnc2n1-c1ccc(Cl)cc1C(c1ccccc1)=NC2. The summed E-state index contributed by atoms with van der Waals surface area (Å²) in [5, 5.41) is 18.0. The van der Waals surface area contributed by atoms with Gasteiger partial charge in [-0.3, -0.25) is 9.56 Å². The molecule has 0 bridgehead atoms. The van der Waals surface area contributed by atoms with E-state index in [0.29, 0.717) is 17.4 Å². The molecule has 0 N–H and O–H groups in total. The number of fused-ring (bicyclic) bond motifs is 3. The highest BCUT2D eigenvalue weighted by Crippen LogP contribution is 2.28. The van der Waals surface area contributed by atoms with E-state index in [1.54, 1.807) is 0 Å². The fourth-order valence-electron chi connectivity index (χ4n) is 2.89. The van der Waals surface area contributed by atoms with E-state index in [2.05, 4.69) is 16.3 Å². The number of halogens is 1. The zero-order valence-electron chi connectivity index (χ0n) is 12.6. The lowest BCUT2D eigenvalue weighted by molar-refractivity contribution is 0.853. The summed E-state index contributed by atoms with van der Waals surface area (Å²) in [7, 11) is 0. The van der Waals surface area contributed by atoms with Crippen LogP contribution in [0.5, 0.6) is 0 Å². The summed E-state index contributed by atoms with van der Waals surface area (Å²) in [5.74, 6) is 1.33. The third-order valence-corrected chi connectivity index (χ3v) is 4.15. The smallest absolute Gasteiger partial charge is 0.159 e. The molecule has 0 saturated heterocycles. The van der Waals surface area contributed by atoms with Gasteiger partial charge in [-0.15, -0.1) is 10.2 Å². The van der Waals surface area contributed by atoms with Gasteiger partial charge in [-0.05, 0) is 18.2 Å². The standard InChI is InChI=1S/C18H12ClN5/c19-13-6-7-15-14(10-13)18(12-4-2-1-3-5-12)21-11-17-23-22-16(8-9-20)24(15)17/h1-7,10H,8,11H2. The molecule has 0 unspecified atom stereocenters. The van der Waals surface area contributed by atoms with Crippen molar-refractivity contribution in [2.45, 2.75) is 13.0 Å². The summed E-state index contributed by atoms with van der Waals surface area (Å²) < 4.78 is 1.91. The highest BCUT2D eigenvalue weighted by Gasteiger charge is 2.22. The molecule has 0 amide bonds. The Balaban J connectivity index is 1.98. The van der Waals surface area contributed by atoms with Crippen LogP contribution in [0.4, 0.5) is 0 Å². The Bertz CT molecular complexity index is 982. The summed E-state index contributed by atoms with van der Waals surface area (Å²) in [6.45, 7) is 0.398. The zero-order valence-corrected chi connectivity index (χ0v) is 13.4. The van der Waals surface area contributed by atoms with Crippen molar-refractivity contribution >= 4 is 17.3 Å². The fraction of sp³-hybridized carbons (Fsp3) is 0.111. The number of aromatic nitrogens is 3. The molecule has 2 heterocycles. The number of nitriles is 1. The van der Waals surface area contributed by atoms with Crippen LogP contribution < -0.4 is 0 Å². The molecule has 1 aliphatic rings. The summed E-state index contributed by atoms with van der Waals surface area (Å²) in [6.07, 6.45) is 0.190. The number of hydrogen-bond acceptors (Lipinski definition) is 4. The minimum Gasteiger partial charge on any atom is -0.280 e. The average Bonchev–Trinajstić information content (AvgIpc) is 2.92. The Morgan fingerprint density at radius 2 is 1.96 bits per heavy atom. The highest BCUT2D eigenvalue weighted by atomic mass is 35.5. The van der Waals surface area contributed by atoms with Crippen molar-refractivity contribution in [3.8, 4) is 11.8 Å². The molecule has 0 radical (unpaired) electrons. The van der Waals surface area contributed by atoms with Crippen LogP contribution in [0, 0.1) is 11.3 Å². The average molecular weight is 334 g/mol. The highest BCUT2D eigenvalue weighted by molar-refractivity contribution is 6.31. The lowest BCUT2D eigenvalue weighted by atomic mass is 10.0. The van der Waals surface area contributed by atoms with Crippen molar-refractivity contribution in [3.05, 3.63) is 76.3 Å². The maximum atomic E-state index is 9.05. The van der Waals surface area contributed by atoms with E-state index in [-0.39, 0.29) is 6.42 Å². The molecule has 0 spiro atoms. The first-order valence-electron chi connectivity index (χ1n) is 7.48. The van der Waals surface area contributed by atoms with Crippen LogP contribution in [0.2, 0.25) is 5.02 Å². The predicted molar refractivity (Wildman–Crippen MR) is 91.5 cm³/mol. The van der Waals surface area contributed by atoms with Crippen molar-refractivity contribution < 1.29 is 0 Å². The number of hydrogen-bond donors (Lipinski definition) is 0. The quantitative estimate of drug-likeness (QED) is 0.722. The lowest BCUT2D eigenvalue weighted by Crippen LogP contribution is -2.09. The Labute approximate surface area is 143 Å². The van der Waals surface area contributed by atoms with Gasteiger partial charge in [-0.1, -0.05) is 41.9 Å². The molecule has 1 aliphatic heterocycles. The minimum absolute atomic E-state index is 0.190. The van der Waals surface area contributed by atoms with Gasteiger partial charge < -0.3 is 0 Å². The first kappa shape index (κ1) is 14.6. The van der Waals surface area contributed by atoms with Crippen LogP contribution in [-0.4, -0.2) is 20.5 Å². The van der Waals surface area contributed by atoms with Crippen LogP contribution in [-0.2, 0) is 13.0 Å². The number of benzene rings is 2. The maximum Gasteiger partial charge on any atom is 0.159 e. The van der Waals surface area contributed by atoms with Crippen LogP contribution in [0.1, 0.15) is 22.8 Å². The van der Waals surface area contributed by atoms with Gasteiger partial charge in [-0.2, -0.15) is 5.26 Å². The molecule has 0 saturated carbocycles. The Morgan fingerprint density at radius 3 is 2.75 bits per heavy atom. The Hall–Kier alpha value is -2.97. The number of nitrogens with zero attached hydrogens (tertiary/aromatic N) is 5. The topological polar surface area (TPSA) is 66.9 Å². The molecular formula is C18H12ClN5. The largest absolute Gasteiger partial charge is 0.280 e. The lowest BCUT2D eigenvalue weighted by Gasteiger charge is -2.13. The Kier molecular flexibility index (Phi) is 3.60. The van der Waals surface area contributed by atoms with Crippen LogP contribution in [0.25, 0.3) is 5.69 Å². The fourth-order valence-corrected chi connectivity index (χ4v) is 3.06. The normalized spacial score (nSPS) is 12.6. The first-order chi connectivity index (χ1) is 11.8. The van der Waals surface area contributed by atoms with Crippen molar-refractivity contribution in [2.75, 3.05) is 0 Å². The first-order valence-corrected chi connectivity index (χ1v) is 7.86. The summed E-state index contributed by atoms with van der Waals surface area (Å²) in [6, 6.07) is 17.8. The third-order valence-electron chi connectivity index (χ3n) is 3.91. The van der Waals surface area contributed by atoms with Gasteiger partial charge in [0.2, 0.25) is 0 Å². The van der Waals surface area contributed by atoms with Crippen LogP contribution in [0.15, 0.2) is 53.5 Å². The summed E-state index contributed by atoms with van der Waals surface area (Å²) in [5.41, 5.74) is 3.68. The molecule has 0 atom stereocenters. The van der Waals surface area contributed by atoms with Crippen molar-refractivity contribution in [1.82, 2.24) is 14.8 Å². The van der Waals surface area contributed by atoms with Crippen LogP contribution >= 0.6 is 11.6 Å². The Morgan fingerprint density at radius 1 is 1.12 bits per heavy atom. The molecule has 4 rings (SSSR count). The van der Waals surface area contributed by atoms with E-state index in [0.717, 1.165) is 28.4 Å². The predicted octanol–water partition coefficient (Wildman–Crippen LogP) is 3.34. The van der Waals surface area contributed by atoms with Crippen molar-refractivity contribution in [1.29, 1.82) is 5.26 Å². The molecule has 3 aromatic rings. The van der Waals surface area contributed by atoms with Gasteiger partial charge >= 0.3 is 0 Å². The second-order valence-electron chi connectivity index (χ2n) is 5.40. The van der Waals surface area contributed by atoms with E-state index in [9.17, 15) is 0 Å². The second kappa shape index (κ2) is 5.91. The van der Waals surface area contributed by atoms with Crippen LogP contribution in [0.3, 0.4) is 0 Å². The molecular weight excluding hydrogens is 322 g/mol. The molecule has 2 aromatic carbocycles. The number of aliphatic imine (C=N–C) groups is 1. The molecule has 116 valence electrons. The summed E-state index contributed by atoms with van der Waals surface area (Å²) in [4.78, 5) is 4.74. The summed E-state index contributed by atoms with van der Waals surface area (Å²) >= 11 is 6.24. The molecule has 6 heteroatoms. The van der Waals surface area contributed by atoms with E-state index in [1.807, 2.05) is 53.1 Å². The molecule has 0 fully saturated rings. The molecule has 1 aromatic heterocycles. The monoisotopic (exact) mass is 333 g/mol. The van der Waals surface area contributed by atoms with E-state index >= 15 is 0 Å². The van der Waals surface area contributed by atoms with E-state index in [4.69, 9.17) is 21.9 Å². The van der Waals surface area contributed by atoms with Gasteiger partial charge in [0, 0.05) is 16.1 Å². The van der Waals surface area contributed by atoms with Gasteiger partial charge in [-0.25, -0.2) is 0 Å². The minimum atomic E-state index is 0.190. The van der Waals surface area contributed by atoms with Gasteiger partial charge in [0.05, 0.1) is 23.9 Å². The molecule has 5 nitrogen and oxygen atoms in total. The van der Waals surface area contributed by atoms with E-state index in [1.165, 1.54) is 0 Å².